The van der Waals surface area contributed by atoms with E-state index in [2.05, 4.69) is 10.3 Å². The molecule has 0 saturated carbocycles. The highest BCUT2D eigenvalue weighted by Crippen LogP contribution is 2.24. The summed E-state index contributed by atoms with van der Waals surface area (Å²) < 4.78 is 13.1. The van der Waals surface area contributed by atoms with Crippen LogP contribution in [0.15, 0.2) is 24.3 Å². The molecule has 0 radical (unpaired) electrons. The number of nitrogens with zero attached hydrogens (tertiary/aromatic N) is 1. The van der Waals surface area contributed by atoms with E-state index in [1.165, 1.54) is 18.2 Å². The molecule has 1 heterocycles. The number of amides is 1. The lowest BCUT2D eigenvalue weighted by Crippen LogP contribution is -2.11. The maximum absolute atomic E-state index is 13.1. The number of thiazole rings is 1. The van der Waals surface area contributed by atoms with Gasteiger partial charge in [0.1, 0.15) is 10.7 Å². The highest BCUT2D eigenvalue weighted by Gasteiger charge is 2.18. The van der Waals surface area contributed by atoms with E-state index in [0.29, 0.717) is 12.1 Å². The minimum Gasteiger partial charge on any atom is -0.477 e. The molecular weight excluding hydrogens is 295 g/mol. The molecule has 0 fully saturated rings. The molecule has 0 bridgehead atoms. The third kappa shape index (κ3) is 3.63. The number of carbonyl (C=O) groups is 2. The second kappa shape index (κ2) is 6.45. The molecule has 1 aromatic heterocycles. The maximum Gasteiger partial charge on any atom is 0.347 e. The summed E-state index contributed by atoms with van der Waals surface area (Å²) in [4.78, 5) is 27.3. The van der Waals surface area contributed by atoms with Crippen LogP contribution >= 0.6 is 11.3 Å². The molecule has 1 aromatic carbocycles. The quantitative estimate of drug-likeness (QED) is 0.889. The molecule has 0 aliphatic carbocycles. The predicted octanol–water partition coefficient (Wildman–Crippen LogP) is 3.19. The number of carbonyl (C=O) groups excluding carboxylic acids is 1. The SMILES string of the molecule is CCCc1nc(NC(=O)c2cccc(F)c2)sc1C(=O)O. The number of hydrogen-bond acceptors (Lipinski definition) is 4. The number of anilines is 1. The van der Waals surface area contributed by atoms with Gasteiger partial charge in [0, 0.05) is 5.56 Å². The van der Waals surface area contributed by atoms with Gasteiger partial charge in [-0.2, -0.15) is 0 Å². The third-order valence-electron chi connectivity index (χ3n) is 2.69. The minimum absolute atomic E-state index is 0.117. The van der Waals surface area contributed by atoms with E-state index in [0.717, 1.165) is 23.8 Å². The molecule has 0 atom stereocenters. The fraction of sp³-hybridized carbons (Fsp3) is 0.214. The van der Waals surface area contributed by atoms with Crippen molar-refractivity contribution in [3.8, 4) is 0 Å². The lowest BCUT2D eigenvalue weighted by atomic mass is 10.2. The number of aromatic nitrogens is 1. The average Bonchev–Trinajstić information content (AvgIpc) is 2.82. The summed E-state index contributed by atoms with van der Waals surface area (Å²) in [5, 5.41) is 11.8. The van der Waals surface area contributed by atoms with E-state index < -0.39 is 17.7 Å². The first kappa shape index (κ1) is 15.1. The molecule has 7 heteroatoms. The zero-order chi connectivity index (χ0) is 15.4. The molecule has 0 saturated heterocycles. The summed E-state index contributed by atoms with van der Waals surface area (Å²) in [6.45, 7) is 1.91. The zero-order valence-electron chi connectivity index (χ0n) is 11.2. The van der Waals surface area contributed by atoms with Crippen molar-refractivity contribution in [3.05, 3.63) is 46.2 Å². The van der Waals surface area contributed by atoms with Gasteiger partial charge in [-0.25, -0.2) is 14.2 Å². The lowest BCUT2D eigenvalue weighted by Gasteiger charge is -2.01. The molecule has 2 aromatic rings. The monoisotopic (exact) mass is 308 g/mol. The van der Waals surface area contributed by atoms with Gasteiger partial charge in [0.2, 0.25) is 0 Å². The minimum atomic E-state index is -1.07. The largest absolute Gasteiger partial charge is 0.477 e. The second-order valence-corrected chi connectivity index (χ2v) is 5.31. The van der Waals surface area contributed by atoms with Crippen molar-refractivity contribution in [2.45, 2.75) is 19.8 Å². The molecule has 1 amide bonds. The van der Waals surface area contributed by atoms with E-state index in [-0.39, 0.29) is 15.6 Å². The fourth-order valence-corrected chi connectivity index (χ4v) is 2.62. The van der Waals surface area contributed by atoms with Crippen LogP contribution in [0.4, 0.5) is 9.52 Å². The van der Waals surface area contributed by atoms with Gasteiger partial charge in [-0.1, -0.05) is 30.7 Å². The normalized spacial score (nSPS) is 10.4. The van der Waals surface area contributed by atoms with Gasteiger partial charge >= 0.3 is 5.97 Å². The summed E-state index contributed by atoms with van der Waals surface area (Å²) in [5.74, 6) is -2.11. The van der Waals surface area contributed by atoms with Crippen LogP contribution < -0.4 is 5.32 Å². The Kier molecular flexibility index (Phi) is 4.64. The Balaban J connectivity index is 2.21. The van der Waals surface area contributed by atoms with Crippen LogP contribution in [-0.2, 0) is 6.42 Å². The third-order valence-corrected chi connectivity index (χ3v) is 3.69. The molecule has 0 spiro atoms. The smallest absolute Gasteiger partial charge is 0.347 e. The van der Waals surface area contributed by atoms with Gasteiger partial charge in [-0.3, -0.25) is 10.1 Å². The van der Waals surface area contributed by atoms with Gasteiger partial charge in [0.15, 0.2) is 5.13 Å². The Bertz CT molecular complexity index is 685. The van der Waals surface area contributed by atoms with E-state index in [1.807, 2.05) is 6.92 Å². The highest BCUT2D eigenvalue weighted by atomic mass is 32.1. The van der Waals surface area contributed by atoms with Crippen molar-refractivity contribution < 1.29 is 19.1 Å². The summed E-state index contributed by atoms with van der Waals surface area (Å²) in [6, 6.07) is 5.24. The molecule has 21 heavy (non-hydrogen) atoms. The van der Waals surface area contributed by atoms with Crippen molar-refractivity contribution in [1.82, 2.24) is 4.98 Å². The zero-order valence-corrected chi connectivity index (χ0v) is 12.0. The van der Waals surface area contributed by atoms with Crippen LogP contribution in [0.3, 0.4) is 0 Å². The average molecular weight is 308 g/mol. The van der Waals surface area contributed by atoms with E-state index in [9.17, 15) is 14.0 Å². The molecule has 2 rings (SSSR count). The van der Waals surface area contributed by atoms with Crippen molar-refractivity contribution in [1.29, 1.82) is 0 Å². The summed E-state index contributed by atoms with van der Waals surface area (Å²) >= 11 is 0.898. The number of hydrogen-bond donors (Lipinski definition) is 2. The number of benzene rings is 1. The van der Waals surface area contributed by atoms with Crippen LogP contribution in [0.25, 0.3) is 0 Å². The molecule has 0 unspecified atom stereocenters. The molecular formula is C14H13FN2O3S. The van der Waals surface area contributed by atoms with E-state index in [1.54, 1.807) is 0 Å². The first-order chi connectivity index (χ1) is 10.0. The number of halogens is 1. The molecule has 0 aliphatic rings. The Morgan fingerprint density at radius 1 is 1.43 bits per heavy atom. The molecule has 5 nitrogen and oxygen atoms in total. The number of nitrogens with one attached hydrogen (secondary N) is 1. The van der Waals surface area contributed by atoms with Crippen molar-refractivity contribution in [3.63, 3.8) is 0 Å². The van der Waals surface area contributed by atoms with Crippen molar-refractivity contribution >= 4 is 28.3 Å². The molecule has 0 aliphatic heterocycles. The second-order valence-electron chi connectivity index (χ2n) is 4.31. The number of carboxylic acids is 1. The van der Waals surface area contributed by atoms with Crippen LogP contribution in [0, 0.1) is 5.82 Å². The van der Waals surface area contributed by atoms with Gasteiger partial charge < -0.3 is 5.11 Å². The van der Waals surface area contributed by atoms with E-state index >= 15 is 0 Å². The number of aromatic carboxylic acids is 1. The predicted molar refractivity (Wildman–Crippen MR) is 77.4 cm³/mol. The Morgan fingerprint density at radius 3 is 2.81 bits per heavy atom. The number of aryl methyl sites for hydroxylation is 1. The van der Waals surface area contributed by atoms with Gasteiger partial charge in [-0.15, -0.1) is 0 Å². The van der Waals surface area contributed by atoms with Gasteiger partial charge in [-0.05, 0) is 24.6 Å². The van der Waals surface area contributed by atoms with Crippen LogP contribution in [0.1, 0.15) is 39.1 Å². The van der Waals surface area contributed by atoms with Crippen LogP contribution in [0.2, 0.25) is 0 Å². The van der Waals surface area contributed by atoms with Crippen LogP contribution in [0.5, 0.6) is 0 Å². The standard InChI is InChI=1S/C14H13FN2O3S/c1-2-4-10-11(13(19)20)21-14(16-10)17-12(18)8-5-3-6-9(15)7-8/h3,5-7H,2,4H2,1H3,(H,19,20)(H,16,17,18). The number of carboxylic acid groups (broad SMARTS) is 1. The first-order valence-corrected chi connectivity index (χ1v) is 7.12. The summed E-state index contributed by atoms with van der Waals surface area (Å²) in [7, 11) is 0. The fourth-order valence-electron chi connectivity index (χ4n) is 1.78. The van der Waals surface area contributed by atoms with Gasteiger partial charge in [0.05, 0.1) is 5.69 Å². The van der Waals surface area contributed by atoms with Crippen molar-refractivity contribution in [2.75, 3.05) is 5.32 Å². The molecule has 2 N–H and O–H groups in total. The topological polar surface area (TPSA) is 79.3 Å². The first-order valence-electron chi connectivity index (χ1n) is 6.31. The highest BCUT2D eigenvalue weighted by molar-refractivity contribution is 7.17. The Hall–Kier alpha value is -2.28. The Morgan fingerprint density at radius 2 is 2.19 bits per heavy atom. The van der Waals surface area contributed by atoms with Crippen molar-refractivity contribution in [2.24, 2.45) is 0 Å². The summed E-state index contributed by atoms with van der Waals surface area (Å²) in [6.07, 6.45) is 1.27. The van der Waals surface area contributed by atoms with E-state index in [4.69, 9.17) is 5.11 Å². The van der Waals surface area contributed by atoms with Gasteiger partial charge in [0.25, 0.3) is 5.91 Å². The van der Waals surface area contributed by atoms with Crippen LogP contribution in [-0.4, -0.2) is 22.0 Å². The number of rotatable bonds is 5. The Labute approximate surface area is 124 Å². The summed E-state index contributed by atoms with van der Waals surface area (Å²) in [5.41, 5.74) is 0.601. The lowest BCUT2D eigenvalue weighted by molar-refractivity contribution is 0.0700. The maximum atomic E-state index is 13.1. The molecule has 110 valence electrons.